The van der Waals surface area contributed by atoms with Crippen LogP contribution in [0.3, 0.4) is 0 Å². The molecule has 1 rings (SSSR count). The Bertz CT molecular complexity index is 434. The molecular weight excluding hydrogens is 236 g/mol. The molecule has 1 aromatic carbocycles. The van der Waals surface area contributed by atoms with Gasteiger partial charge in [-0.1, -0.05) is 18.2 Å². The topological polar surface area (TPSA) is 83.7 Å². The van der Waals surface area contributed by atoms with E-state index < -0.39 is 4.92 Å². The van der Waals surface area contributed by atoms with Crippen molar-refractivity contribution >= 4 is 11.6 Å². The zero-order valence-electron chi connectivity index (χ0n) is 10.2. The first kappa shape index (κ1) is 14.1. The number of aliphatic hydroxyl groups is 1. The van der Waals surface area contributed by atoms with Gasteiger partial charge in [0.1, 0.15) is 0 Å². The Morgan fingerprint density at radius 1 is 1.44 bits per heavy atom. The number of nitro benzene ring substituents is 1. The van der Waals surface area contributed by atoms with E-state index in [1.54, 1.807) is 25.1 Å². The highest BCUT2D eigenvalue weighted by atomic mass is 16.6. The molecule has 0 aliphatic rings. The van der Waals surface area contributed by atoms with Crippen molar-refractivity contribution < 1.29 is 14.8 Å². The summed E-state index contributed by atoms with van der Waals surface area (Å²) in [5.41, 5.74) is 0.342. The first-order valence-electron chi connectivity index (χ1n) is 5.71. The van der Waals surface area contributed by atoms with Crippen LogP contribution in [-0.4, -0.2) is 40.5 Å². The normalized spacial score (nSPS) is 10.1. The van der Waals surface area contributed by atoms with Crippen molar-refractivity contribution in [2.24, 2.45) is 0 Å². The predicted octanol–water partition coefficient (Wildman–Crippen LogP) is 0.978. The number of para-hydroxylation sites is 1. The maximum absolute atomic E-state index is 11.9. The van der Waals surface area contributed by atoms with Gasteiger partial charge < -0.3 is 10.0 Å². The minimum Gasteiger partial charge on any atom is -0.395 e. The van der Waals surface area contributed by atoms with Gasteiger partial charge in [-0.2, -0.15) is 0 Å². The SMILES string of the molecule is CCN(CCO)C(=O)Cc1ccccc1[N+](=O)[O-]. The molecule has 0 bridgehead atoms. The van der Waals surface area contributed by atoms with Crippen LogP contribution in [0.15, 0.2) is 24.3 Å². The standard InChI is InChI=1S/C12H16N2O4/c1-2-13(7-8-15)12(16)9-10-5-3-4-6-11(10)14(17)18/h3-6,15H,2,7-9H2,1H3. The Balaban J connectivity index is 2.84. The fourth-order valence-electron chi connectivity index (χ4n) is 1.69. The lowest BCUT2D eigenvalue weighted by molar-refractivity contribution is -0.385. The average molecular weight is 252 g/mol. The van der Waals surface area contributed by atoms with Crippen LogP contribution >= 0.6 is 0 Å². The fraction of sp³-hybridized carbons (Fsp3) is 0.417. The molecule has 0 unspecified atom stereocenters. The molecule has 1 N–H and O–H groups in total. The maximum atomic E-state index is 11.9. The number of carbonyl (C=O) groups excluding carboxylic acids is 1. The zero-order chi connectivity index (χ0) is 13.5. The molecule has 0 saturated heterocycles. The van der Waals surface area contributed by atoms with E-state index in [1.165, 1.54) is 11.0 Å². The second kappa shape index (κ2) is 6.70. The highest BCUT2D eigenvalue weighted by Crippen LogP contribution is 2.18. The summed E-state index contributed by atoms with van der Waals surface area (Å²) in [7, 11) is 0. The number of aliphatic hydroxyl groups excluding tert-OH is 1. The van der Waals surface area contributed by atoms with Crippen molar-refractivity contribution in [2.75, 3.05) is 19.7 Å². The minimum absolute atomic E-state index is 0.0228. The third-order valence-corrected chi connectivity index (χ3v) is 2.63. The van der Waals surface area contributed by atoms with Crippen LogP contribution in [0.25, 0.3) is 0 Å². The van der Waals surface area contributed by atoms with Crippen molar-refractivity contribution in [1.29, 1.82) is 0 Å². The van der Waals surface area contributed by atoms with E-state index in [9.17, 15) is 14.9 Å². The van der Waals surface area contributed by atoms with Crippen LogP contribution in [-0.2, 0) is 11.2 Å². The Morgan fingerprint density at radius 3 is 2.67 bits per heavy atom. The van der Waals surface area contributed by atoms with Gasteiger partial charge in [0.15, 0.2) is 0 Å². The maximum Gasteiger partial charge on any atom is 0.273 e. The van der Waals surface area contributed by atoms with Gasteiger partial charge in [0.25, 0.3) is 5.69 Å². The van der Waals surface area contributed by atoms with Gasteiger partial charge in [-0.15, -0.1) is 0 Å². The lowest BCUT2D eigenvalue weighted by Gasteiger charge is -2.19. The molecule has 1 amide bonds. The van der Waals surface area contributed by atoms with Gasteiger partial charge >= 0.3 is 0 Å². The summed E-state index contributed by atoms with van der Waals surface area (Å²) in [6.45, 7) is 2.40. The molecule has 0 radical (unpaired) electrons. The molecule has 0 saturated carbocycles. The number of likely N-dealkylation sites (N-methyl/N-ethyl adjacent to an activating group) is 1. The molecule has 0 aromatic heterocycles. The Morgan fingerprint density at radius 2 is 2.11 bits per heavy atom. The van der Waals surface area contributed by atoms with Gasteiger partial charge in [0, 0.05) is 24.7 Å². The molecule has 1 aromatic rings. The van der Waals surface area contributed by atoms with Crippen molar-refractivity contribution in [3.8, 4) is 0 Å². The molecule has 6 nitrogen and oxygen atoms in total. The number of benzene rings is 1. The first-order chi connectivity index (χ1) is 8.60. The summed E-state index contributed by atoms with van der Waals surface area (Å²) >= 11 is 0. The summed E-state index contributed by atoms with van der Waals surface area (Å²) in [5.74, 6) is -0.221. The third kappa shape index (κ3) is 3.53. The lowest BCUT2D eigenvalue weighted by atomic mass is 10.1. The monoisotopic (exact) mass is 252 g/mol. The van der Waals surface area contributed by atoms with E-state index in [0.717, 1.165) is 0 Å². The van der Waals surface area contributed by atoms with Gasteiger partial charge in [0.05, 0.1) is 18.0 Å². The highest BCUT2D eigenvalue weighted by molar-refractivity contribution is 5.79. The molecule has 0 atom stereocenters. The summed E-state index contributed by atoms with van der Waals surface area (Å²) < 4.78 is 0. The summed E-state index contributed by atoms with van der Waals surface area (Å²) in [4.78, 5) is 23.7. The largest absolute Gasteiger partial charge is 0.395 e. The summed E-state index contributed by atoms with van der Waals surface area (Å²) in [6.07, 6.45) is -0.0228. The Labute approximate surface area is 105 Å². The molecule has 0 fully saturated rings. The van der Waals surface area contributed by atoms with Crippen LogP contribution in [0.2, 0.25) is 0 Å². The number of nitro groups is 1. The van der Waals surface area contributed by atoms with Crippen molar-refractivity contribution in [2.45, 2.75) is 13.3 Å². The fourth-order valence-corrected chi connectivity index (χ4v) is 1.69. The van der Waals surface area contributed by atoms with Crippen molar-refractivity contribution in [3.63, 3.8) is 0 Å². The second-order valence-electron chi connectivity index (χ2n) is 3.76. The van der Waals surface area contributed by atoms with Gasteiger partial charge in [-0.3, -0.25) is 14.9 Å². The van der Waals surface area contributed by atoms with Crippen LogP contribution in [0.1, 0.15) is 12.5 Å². The van der Waals surface area contributed by atoms with Crippen molar-refractivity contribution in [1.82, 2.24) is 4.90 Å². The number of carbonyl (C=O) groups is 1. The lowest BCUT2D eigenvalue weighted by Crippen LogP contribution is -2.34. The van der Waals surface area contributed by atoms with Crippen molar-refractivity contribution in [3.05, 3.63) is 39.9 Å². The van der Waals surface area contributed by atoms with E-state index in [-0.39, 0.29) is 31.2 Å². The van der Waals surface area contributed by atoms with Crippen LogP contribution in [0.5, 0.6) is 0 Å². The average Bonchev–Trinajstić information content (AvgIpc) is 2.36. The van der Waals surface area contributed by atoms with E-state index >= 15 is 0 Å². The van der Waals surface area contributed by atoms with E-state index in [4.69, 9.17) is 5.11 Å². The van der Waals surface area contributed by atoms with E-state index in [1.807, 2.05) is 0 Å². The molecule has 0 spiro atoms. The van der Waals surface area contributed by atoms with Gasteiger partial charge in [-0.25, -0.2) is 0 Å². The number of nitrogens with zero attached hydrogens (tertiary/aromatic N) is 2. The zero-order valence-corrected chi connectivity index (χ0v) is 10.2. The quantitative estimate of drug-likeness (QED) is 0.604. The molecule has 0 aliphatic heterocycles. The molecule has 6 heteroatoms. The predicted molar refractivity (Wildman–Crippen MR) is 66.1 cm³/mol. The summed E-state index contributed by atoms with van der Waals surface area (Å²) in [6, 6.07) is 6.18. The van der Waals surface area contributed by atoms with E-state index in [0.29, 0.717) is 12.1 Å². The minimum atomic E-state index is -0.495. The van der Waals surface area contributed by atoms with Crippen LogP contribution in [0, 0.1) is 10.1 Å². The third-order valence-electron chi connectivity index (χ3n) is 2.63. The highest BCUT2D eigenvalue weighted by Gasteiger charge is 2.18. The summed E-state index contributed by atoms with van der Waals surface area (Å²) in [5, 5.41) is 19.6. The molecular formula is C12H16N2O4. The van der Waals surface area contributed by atoms with Gasteiger partial charge in [-0.05, 0) is 6.92 Å². The Kier molecular flexibility index (Phi) is 5.26. The first-order valence-corrected chi connectivity index (χ1v) is 5.71. The van der Waals surface area contributed by atoms with Crippen LogP contribution in [0.4, 0.5) is 5.69 Å². The van der Waals surface area contributed by atoms with Gasteiger partial charge in [0.2, 0.25) is 5.91 Å². The number of hydrogen-bond donors (Lipinski definition) is 1. The second-order valence-corrected chi connectivity index (χ2v) is 3.76. The van der Waals surface area contributed by atoms with Crippen LogP contribution < -0.4 is 0 Å². The number of rotatable bonds is 6. The number of hydrogen-bond acceptors (Lipinski definition) is 4. The molecule has 18 heavy (non-hydrogen) atoms. The smallest absolute Gasteiger partial charge is 0.273 e. The Hall–Kier alpha value is -1.95. The molecule has 98 valence electrons. The molecule has 0 aliphatic carbocycles. The molecule has 0 heterocycles. The van der Waals surface area contributed by atoms with E-state index in [2.05, 4.69) is 0 Å². The number of amides is 1.